The summed E-state index contributed by atoms with van der Waals surface area (Å²) in [6.07, 6.45) is 14.5. The zero-order valence-electron chi connectivity index (χ0n) is 17.7. The fourth-order valence-corrected chi connectivity index (χ4v) is 7.46. The third-order valence-corrected chi connectivity index (χ3v) is 9.57. The van der Waals surface area contributed by atoms with Crippen LogP contribution in [0.4, 0.5) is 0 Å². The molecule has 4 heteroatoms. The Morgan fingerprint density at radius 3 is 2.64 bits per heavy atom. The minimum atomic E-state index is 0.376. The van der Waals surface area contributed by atoms with Crippen LogP contribution in [0.5, 0.6) is 0 Å². The van der Waals surface area contributed by atoms with Crippen molar-refractivity contribution in [1.29, 1.82) is 0 Å². The average Bonchev–Trinajstić information content (AvgIpc) is 3.28. The van der Waals surface area contributed by atoms with Crippen molar-refractivity contribution < 1.29 is 4.52 Å². The van der Waals surface area contributed by atoms with Gasteiger partial charge in [0, 0.05) is 35.4 Å². The molecule has 1 aromatic heterocycles. The molecule has 156 valence electrons. The second-order valence-corrected chi connectivity index (χ2v) is 11.0. The minimum absolute atomic E-state index is 0.376. The van der Waals surface area contributed by atoms with Gasteiger partial charge in [0.15, 0.2) is 0 Å². The maximum Gasteiger partial charge on any atom is 0.141 e. The number of alkyl halides is 1. The van der Waals surface area contributed by atoms with Gasteiger partial charge < -0.3 is 4.52 Å². The SMILES string of the molecule is CC1CC([C@H]2C[C@H]3CCC([C@H]2c2cc(C4CCCCC4)no2)N3C)CCC1Cl. The van der Waals surface area contributed by atoms with Crippen LogP contribution in [0.15, 0.2) is 10.6 Å². The monoisotopic (exact) mass is 404 g/mol. The first-order valence-electron chi connectivity index (χ1n) is 11.9. The Hall–Kier alpha value is -0.540. The van der Waals surface area contributed by atoms with E-state index in [1.165, 1.54) is 82.1 Å². The molecule has 4 fully saturated rings. The molecule has 28 heavy (non-hydrogen) atoms. The molecular weight excluding hydrogens is 368 g/mol. The number of rotatable bonds is 3. The van der Waals surface area contributed by atoms with Crippen molar-refractivity contribution in [3.05, 3.63) is 17.5 Å². The third-order valence-electron chi connectivity index (χ3n) is 8.92. The highest BCUT2D eigenvalue weighted by molar-refractivity contribution is 6.20. The summed E-state index contributed by atoms with van der Waals surface area (Å²) in [6.45, 7) is 2.36. The predicted molar refractivity (Wildman–Crippen MR) is 114 cm³/mol. The zero-order valence-corrected chi connectivity index (χ0v) is 18.4. The minimum Gasteiger partial charge on any atom is -0.361 e. The molecule has 2 bridgehead atoms. The molecule has 7 atom stereocenters. The summed E-state index contributed by atoms with van der Waals surface area (Å²) in [5.41, 5.74) is 1.24. The summed E-state index contributed by atoms with van der Waals surface area (Å²) >= 11 is 6.57. The highest BCUT2D eigenvalue weighted by Crippen LogP contribution is 2.53. The van der Waals surface area contributed by atoms with Gasteiger partial charge in [0.05, 0.1) is 5.69 Å². The number of hydrogen-bond acceptors (Lipinski definition) is 3. The summed E-state index contributed by atoms with van der Waals surface area (Å²) in [6, 6.07) is 3.78. The van der Waals surface area contributed by atoms with Crippen LogP contribution in [0, 0.1) is 17.8 Å². The third kappa shape index (κ3) is 3.45. The first-order valence-corrected chi connectivity index (χ1v) is 12.4. The van der Waals surface area contributed by atoms with E-state index in [2.05, 4.69) is 30.1 Å². The first-order chi connectivity index (χ1) is 13.6. The van der Waals surface area contributed by atoms with Crippen molar-refractivity contribution in [2.75, 3.05) is 7.05 Å². The molecule has 2 aliphatic carbocycles. The highest BCUT2D eigenvalue weighted by atomic mass is 35.5. The van der Waals surface area contributed by atoms with Crippen LogP contribution < -0.4 is 0 Å². The Balaban J connectivity index is 1.41. The fraction of sp³-hybridized carbons (Fsp3) is 0.875. The Morgan fingerprint density at radius 2 is 1.86 bits per heavy atom. The average molecular weight is 405 g/mol. The number of aromatic nitrogens is 1. The molecular formula is C24H37ClN2O. The van der Waals surface area contributed by atoms with E-state index in [0.717, 1.165) is 17.9 Å². The lowest BCUT2D eigenvalue weighted by Crippen LogP contribution is -2.48. The molecule has 3 heterocycles. The topological polar surface area (TPSA) is 29.3 Å². The van der Waals surface area contributed by atoms with Crippen LogP contribution >= 0.6 is 11.6 Å². The Bertz CT molecular complexity index is 669. The molecule has 5 rings (SSSR count). The number of fused-ring (bicyclic) bond motifs is 2. The van der Waals surface area contributed by atoms with Gasteiger partial charge in [-0.1, -0.05) is 31.3 Å². The lowest BCUT2D eigenvalue weighted by Gasteiger charge is -2.47. The Morgan fingerprint density at radius 1 is 1.04 bits per heavy atom. The van der Waals surface area contributed by atoms with Crippen molar-refractivity contribution in [2.45, 2.75) is 107 Å². The number of likely N-dealkylation sites (N-methyl/N-ethyl adjacent to an activating group) is 1. The number of nitrogens with zero attached hydrogens (tertiary/aromatic N) is 2. The summed E-state index contributed by atoms with van der Waals surface area (Å²) < 4.78 is 6.12. The molecule has 2 saturated carbocycles. The molecule has 0 N–H and O–H groups in total. The summed E-state index contributed by atoms with van der Waals surface area (Å²) in [7, 11) is 2.35. The summed E-state index contributed by atoms with van der Waals surface area (Å²) in [5.74, 6) is 4.54. The van der Waals surface area contributed by atoms with Gasteiger partial charge >= 0.3 is 0 Å². The van der Waals surface area contributed by atoms with Gasteiger partial charge in [-0.15, -0.1) is 11.6 Å². The van der Waals surface area contributed by atoms with E-state index in [1.54, 1.807) is 0 Å². The predicted octanol–water partition coefficient (Wildman–Crippen LogP) is 6.33. The van der Waals surface area contributed by atoms with Gasteiger partial charge in [-0.05, 0) is 76.2 Å². The van der Waals surface area contributed by atoms with Crippen LogP contribution in [-0.2, 0) is 0 Å². The maximum atomic E-state index is 6.57. The first kappa shape index (κ1) is 19.4. The smallest absolute Gasteiger partial charge is 0.141 e. The van der Waals surface area contributed by atoms with Crippen molar-refractivity contribution >= 4 is 11.6 Å². The Kier molecular flexibility index (Phi) is 5.51. The second-order valence-electron chi connectivity index (χ2n) is 10.4. The van der Waals surface area contributed by atoms with Crippen LogP contribution in [-0.4, -0.2) is 34.6 Å². The number of halogens is 1. The Labute approximate surface area is 175 Å². The number of piperidine rings is 1. The van der Waals surface area contributed by atoms with Crippen LogP contribution in [0.3, 0.4) is 0 Å². The second kappa shape index (κ2) is 7.95. The number of hydrogen-bond donors (Lipinski definition) is 0. The van der Waals surface area contributed by atoms with Gasteiger partial charge in [0.25, 0.3) is 0 Å². The van der Waals surface area contributed by atoms with Crippen LogP contribution in [0.2, 0.25) is 0 Å². The summed E-state index contributed by atoms with van der Waals surface area (Å²) in [5, 5.41) is 4.99. The van der Waals surface area contributed by atoms with Crippen molar-refractivity contribution in [1.82, 2.24) is 10.1 Å². The lowest BCUT2D eigenvalue weighted by atomic mass is 9.66. The van der Waals surface area contributed by atoms with Gasteiger partial charge in [-0.2, -0.15) is 0 Å². The molecule has 0 aromatic carbocycles. The molecule has 0 spiro atoms. The van der Waals surface area contributed by atoms with E-state index < -0.39 is 0 Å². The van der Waals surface area contributed by atoms with Gasteiger partial charge in [-0.25, -0.2) is 0 Å². The molecule has 2 saturated heterocycles. The normalized spacial score (nSPS) is 42.8. The quantitative estimate of drug-likeness (QED) is 0.551. The van der Waals surface area contributed by atoms with Crippen molar-refractivity contribution in [3.8, 4) is 0 Å². The van der Waals surface area contributed by atoms with Gasteiger partial charge in [-0.3, -0.25) is 4.90 Å². The molecule has 0 amide bonds. The van der Waals surface area contributed by atoms with Crippen molar-refractivity contribution in [3.63, 3.8) is 0 Å². The van der Waals surface area contributed by atoms with E-state index in [4.69, 9.17) is 16.1 Å². The summed E-state index contributed by atoms with van der Waals surface area (Å²) in [4.78, 5) is 2.67. The molecule has 1 aromatic rings. The highest BCUT2D eigenvalue weighted by Gasteiger charge is 2.50. The van der Waals surface area contributed by atoms with Crippen molar-refractivity contribution in [2.24, 2.45) is 17.8 Å². The lowest BCUT2D eigenvalue weighted by molar-refractivity contribution is 0.0453. The van der Waals surface area contributed by atoms with Gasteiger partial charge in [0.1, 0.15) is 5.76 Å². The van der Waals surface area contributed by atoms with E-state index in [0.29, 0.717) is 29.2 Å². The molecule has 0 radical (unpaired) electrons. The molecule has 4 unspecified atom stereocenters. The fourth-order valence-electron chi connectivity index (χ4n) is 7.23. The standard InChI is InChI=1S/C24H37ClN2O/c1-15-12-17(8-10-20(15)25)19-13-18-9-11-22(27(18)2)24(19)23-14-21(26-28-23)16-6-4-3-5-7-16/h14-20,22,24H,3-13H2,1-2H3/t15?,17?,18-,19-,20?,22?,24+/m1/s1. The molecule has 3 nitrogen and oxygen atoms in total. The van der Waals surface area contributed by atoms with Crippen LogP contribution in [0.25, 0.3) is 0 Å². The van der Waals surface area contributed by atoms with E-state index in [-0.39, 0.29) is 0 Å². The molecule has 2 aliphatic heterocycles. The van der Waals surface area contributed by atoms with E-state index in [1.807, 2.05) is 0 Å². The van der Waals surface area contributed by atoms with E-state index >= 15 is 0 Å². The maximum absolute atomic E-state index is 6.57. The van der Waals surface area contributed by atoms with Gasteiger partial charge in [0.2, 0.25) is 0 Å². The molecule has 4 aliphatic rings. The van der Waals surface area contributed by atoms with E-state index in [9.17, 15) is 0 Å². The zero-order chi connectivity index (χ0) is 19.3. The largest absolute Gasteiger partial charge is 0.361 e. The van der Waals surface area contributed by atoms with Crippen LogP contribution in [0.1, 0.15) is 101 Å².